The van der Waals surface area contributed by atoms with E-state index in [1.807, 2.05) is 0 Å². The number of ether oxygens (including phenoxy) is 1. The van der Waals surface area contributed by atoms with Crippen molar-refractivity contribution in [3.05, 3.63) is 69.2 Å². The lowest BCUT2D eigenvalue weighted by Crippen LogP contribution is -2.21. The number of nitro groups is 1. The minimum absolute atomic E-state index is 0.0663. The van der Waals surface area contributed by atoms with Crippen LogP contribution in [0, 0.1) is 29.8 Å². The third-order valence-corrected chi connectivity index (χ3v) is 4.13. The lowest BCUT2D eigenvalue weighted by atomic mass is 10.1. The molecule has 0 atom stereocenters. The highest BCUT2D eigenvalue weighted by Crippen LogP contribution is 2.27. The summed E-state index contributed by atoms with van der Waals surface area (Å²) in [5, 5.41) is 13.8. The van der Waals surface area contributed by atoms with Crippen molar-refractivity contribution in [2.75, 3.05) is 11.9 Å². The van der Waals surface area contributed by atoms with Gasteiger partial charge in [0.05, 0.1) is 4.92 Å². The van der Waals surface area contributed by atoms with E-state index in [9.17, 15) is 24.1 Å². The van der Waals surface area contributed by atoms with Crippen LogP contribution in [-0.4, -0.2) is 23.4 Å². The van der Waals surface area contributed by atoms with Gasteiger partial charge < -0.3 is 14.5 Å². The molecule has 1 N–H and O–H groups in total. The Bertz CT molecular complexity index is 1110. The quantitative estimate of drug-likeness (QED) is 0.404. The molecule has 0 spiro atoms. The Kier molecular flexibility index (Phi) is 5.08. The maximum absolute atomic E-state index is 13.8. The number of hydrogen-bond acceptors (Lipinski definition) is 6. The van der Waals surface area contributed by atoms with Gasteiger partial charge in [-0.15, -0.1) is 0 Å². The number of esters is 1. The molecule has 0 bridgehead atoms. The van der Waals surface area contributed by atoms with Crippen molar-refractivity contribution in [1.82, 2.24) is 0 Å². The van der Waals surface area contributed by atoms with Gasteiger partial charge in [-0.1, -0.05) is 18.2 Å². The predicted molar refractivity (Wildman–Crippen MR) is 97.7 cm³/mol. The molecule has 0 aliphatic rings. The number of carbonyl (C=O) groups is 2. The summed E-state index contributed by atoms with van der Waals surface area (Å²) < 4.78 is 23.9. The molecule has 1 heterocycles. The van der Waals surface area contributed by atoms with Gasteiger partial charge in [-0.05, 0) is 26.0 Å². The number of anilines is 1. The molecular formula is C19H15FN2O6. The number of benzene rings is 2. The summed E-state index contributed by atoms with van der Waals surface area (Å²) >= 11 is 0. The minimum Gasteiger partial charge on any atom is -0.450 e. The lowest BCUT2D eigenvalue weighted by Gasteiger charge is -2.07. The molecule has 3 aromatic rings. The number of nitro benzene ring substituents is 1. The topological polar surface area (TPSA) is 112 Å². The van der Waals surface area contributed by atoms with E-state index in [1.54, 1.807) is 19.9 Å². The van der Waals surface area contributed by atoms with Gasteiger partial charge in [-0.3, -0.25) is 14.9 Å². The third kappa shape index (κ3) is 3.68. The van der Waals surface area contributed by atoms with Gasteiger partial charge in [-0.2, -0.15) is 0 Å². The fourth-order valence-electron chi connectivity index (χ4n) is 2.68. The second-order valence-electron chi connectivity index (χ2n) is 6.06. The maximum atomic E-state index is 13.8. The van der Waals surface area contributed by atoms with Crippen LogP contribution >= 0.6 is 0 Å². The first-order valence-corrected chi connectivity index (χ1v) is 8.17. The van der Waals surface area contributed by atoms with E-state index >= 15 is 0 Å². The number of aryl methyl sites for hydroxylation is 2. The standard InChI is InChI=1S/C19H15FN2O6/c1-10-6-7-12(8-15(10)22(25)26)21-16(23)9-27-19(24)17-11(2)13-4-3-5-14(20)18(13)28-17/h3-8H,9H2,1-2H3,(H,21,23). The Labute approximate surface area is 158 Å². The number of furan rings is 1. The molecule has 0 unspecified atom stereocenters. The van der Waals surface area contributed by atoms with Crippen LogP contribution in [0.3, 0.4) is 0 Å². The molecule has 144 valence electrons. The zero-order valence-corrected chi connectivity index (χ0v) is 14.9. The average Bonchev–Trinajstić information content (AvgIpc) is 2.99. The lowest BCUT2D eigenvalue weighted by molar-refractivity contribution is -0.385. The minimum atomic E-state index is -0.918. The highest BCUT2D eigenvalue weighted by atomic mass is 19.1. The van der Waals surface area contributed by atoms with E-state index < -0.39 is 29.2 Å². The maximum Gasteiger partial charge on any atom is 0.375 e. The van der Waals surface area contributed by atoms with E-state index in [0.717, 1.165) is 0 Å². The van der Waals surface area contributed by atoms with Crippen LogP contribution in [0.2, 0.25) is 0 Å². The largest absolute Gasteiger partial charge is 0.450 e. The Balaban J connectivity index is 1.67. The monoisotopic (exact) mass is 386 g/mol. The number of hydrogen-bond donors (Lipinski definition) is 1. The number of amides is 1. The molecule has 0 radical (unpaired) electrons. The first kappa shape index (κ1) is 19.0. The van der Waals surface area contributed by atoms with Gasteiger partial charge in [0.2, 0.25) is 5.76 Å². The molecule has 28 heavy (non-hydrogen) atoms. The van der Waals surface area contributed by atoms with Crippen molar-refractivity contribution in [3.63, 3.8) is 0 Å². The van der Waals surface area contributed by atoms with E-state index in [1.165, 1.54) is 30.3 Å². The fraction of sp³-hybridized carbons (Fsp3) is 0.158. The van der Waals surface area contributed by atoms with Gasteiger partial charge >= 0.3 is 5.97 Å². The van der Waals surface area contributed by atoms with Crippen LogP contribution < -0.4 is 5.32 Å². The predicted octanol–water partition coefficient (Wildman–Crippen LogP) is 3.89. The molecule has 0 aliphatic heterocycles. The van der Waals surface area contributed by atoms with E-state index in [-0.39, 0.29) is 22.7 Å². The van der Waals surface area contributed by atoms with Gasteiger partial charge in [0.1, 0.15) is 0 Å². The van der Waals surface area contributed by atoms with Crippen LogP contribution in [0.25, 0.3) is 11.0 Å². The summed E-state index contributed by atoms with van der Waals surface area (Å²) in [5.41, 5.74) is 0.828. The van der Waals surface area contributed by atoms with E-state index in [2.05, 4.69) is 5.32 Å². The van der Waals surface area contributed by atoms with Crippen LogP contribution in [0.15, 0.2) is 40.8 Å². The first-order chi connectivity index (χ1) is 13.3. The van der Waals surface area contributed by atoms with Crippen LogP contribution in [0.4, 0.5) is 15.8 Å². The van der Waals surface area contributed by atoms with Crippen LogP contribution in [-0.2, 0) is 9.53 Å². The highest BCUT2D eigenvalue weighted by molar-refractivity contribution is 5.98. The Morgan fingerprint density at radius 3 is 2.68 bits per heavy atom. The molecule has 1 aromatic heterocycles. The first-order valence-electron chi connectivity index (χ1n) is 8.17. The molecule has 0 fully saturated rings. The zero-order valence-electron chi connectivity index (χ0n) is 14.9. The van der Waals surface area contributed by atoms with Crippen molar-refractivity contribution < 1.29 is 28.1 Å². The SMILES string of the molecule is Cc1ccc(NC(=O)COC(=O)c2oc3c(F)cccc3c2C)cc1[N+](=O)[O-]. The van der Waals surface area contributed by atoms with Crippen LogP contribution in [0.5, 0.6) is 0 Å². The van der Waals surface area contributed by atoms with Gasteiger partial charge in [0.25, 0.3) is 11.6 Å². The Hall–Kier alpha value is -3.75. The molecule has 0 saturated heterocycles. The van der Waals surface area contributed by atoms with Crippen molar-refractivity contribution in [2.24, 2.45) is 0 Å². The van der Waals surface area contributed by atoms with E-state index in [4.69, 9.17) is 9.15 Å². The van der Waals surface area contributed by atoms with Crippen molar-refractivity contribution >= 4 is 34.2 Å². The van der Waals surface area contributed by atoms with E-state index in [0.29, 0.717) is 16.5 Å². The smallest absolute Gasteiger partial charge is 0.375 e. The summed E-state index contributed by atoms with van der Waals surface area (Å²) in [4.78, 5) is 34.5. The van der Waals surface area contributed by atoms with Crippen LogP contribution in [0.1, 0.15) is 21.7 Å². The molecule has 3 rings (SSSR count). The Morgan fingerprint density at radius 2 is 2.00 bits per heavy atom. The summed E-state index contributed by atoms with van der Waals surface area (Å²) in [6, 6.07) is 8.49. The normalized spacial score (nSPS) is 10.7. The van der Waals surface area contributed by atoms with Crippen molar-refractivity contribution in [2.45, 2.75) is 13.8 Å². The number of nitrogens with zero attached hydrogens (tertiary/aromatic N) is 1. The molecule has 0 aliphatic carbocycles. The van der Waals surface area contributed by atoms with Gasteiger partial charge in [-0.25, -0.2) is 9.18 Å². The second kappa shape index (κ2) is 7.47. The summed E-state index contributed by atoms with van der Waals surface area (Å²) in [5.74, 6) is -2.41. The number of fused-ring (bicyclic) bond motifs is 1. The zero-order chi connectivity index (χ0) is 20.4. The molecule has 1 amide bonds. The number of rotatable bonds is 5. The summed E-state index contributed by atoms with van der Waals surface area (Å²) in [6.45, 7) is 2.51. The fourth-order valence-corrected chi connectivity index (χ4v) is 2.68. The highest BCUT2D eigenvalue weighted by Gasteiger charge is 2.21. The summed E-state index contributed by atoms with van der Waals surface area (Å²) in [7, 11) is 0. The number of halogens is 1. The number of para-hydroxylation sites is 1. The number of nitrogens with one attached hydrogen (secondary N) is 1. The van der Waals surface area contributed by atoms with Gasteiger partial charge in [0, 0.05) is 28.3 Å². The Morgan fingerprint density at radius 1 is 1.25 bits per heavy atom. The molecule has 9 heteroatoms. The molecule has 8 nitrogen and oxygen atoms in total. The average molecular weight is 386 g/mol. The van der Waals surface area contributed by atoms with Crippen molar-refractivity contribution in [1.29, 1.82) is 0 Å². The third-order valence-electron chi connectivity index (χ3n) is 4.13. The summed E-state index contributed by atoms with van der Waals surface area (Å²) in [6.07, 6.45) is 0. The van der Waals surface area contributed by atoms with Crippen molar-refractivity contribution in [3.8, 4) is 0 Å². The second-order valence-corrected chi connectivity index (χ2v) is 6.06. The van der Waals surface area contributed by atoms with Gasteiger partial charge in [0.15, 0.2) is 18.0 Å². The molecule has 2 aromatic carbocycles. The molecule has 0 saturated carbocycles. The number of carbonyl (C=O) groups excluding carboxylic acids is 2. The molecular weight excluding hydrogens is 371 g/mol.